The van der Waals surface area contributed by atoms with Crippen LogP contribution >= 0.6 is 0 Å². The van der Waals surface area contributed by atoms with Gasteiger partial charge >= 0.3 is 0 Å². The summed E-state index contributed by atoms with van der Waals surface area (Å²) >= 11 is 0. The number of oxazole rings is 1. The molecule has 4 rings (SSSR count). The Bertz CT molecular complexity index is 1030. The summed E-state index contributed by atoms with van der Waals surface area (Å²) in [6.07, 6.45) is 4.19. The molecule has 0 radical (unpaired) electrons. The van der Waals surface area contributed by atoms with Crippen molar-refractivity contribution in [3.63, 3.8) is 0 Å². The minimum atomic E-state index is -0.117. The Hall–Kier alpha value is -3.47. The summed E-state index contributed by atoms with van der Waals surface area (Å²) in [5, 5.41) is 2.94. The summed E-state index contributed by atoms with van der Waals surface area (Å²) in [7, 11) is 0. The maximum Gasteiger partial charge on any atom is 0.251 e. The molecule has 0 saturated carbocycles. The third kappa shape index (κ3) is 3.47. The highest BCUT2D eigenvalue weighted by molar-refractivity contribution is 5.97. The van der Waals surface area contributed by atoms with Gasteiger partial charge in [0.15, 0.2) is 5.58 Å². The van der Waals surface area contributed by atoms with E-state index in [9.17, 15) is 4.79 Å². The highest BCUT2D eigenvalue weighted by atomic mass is 16.3. The van der Waals surface area contributed by atoms with Crippen LogP contribution < -0.4 is 5.32 Å². The zero-order chi connectivity index (χ0) is 17.8. The SMILES string of the molecule is O=C(NCCc1ccccc1)c1ccc2oc(-c3cccnc3)nc2c1. The van der Waals surface area contributed by atoms with Crippen LogP contribution in [-0.4, -0.2) is 22.4 Å². The van der Waals surface area contributed by atoms with Crippen LogP contribution in [0.15, 0.2) is 77.5 Å². The number of benzene rings is 2. The number of nitrogens with one attached hydrogen (secondary N) is 1. The molecule has 1 N–H and O–H groups in total. The number of carbonyl (C=O) groups excluding carboxylic acids is 1. The minimum Gasteiger partial charge on any atom is -0.436 e. The lowest BCUT2D eigenvalue weighted by Crippen LogP contribution is -2.25. The normalized spacial score (nSPS) is 10.8. The van der Waals surface area contributed by atoms with Crippen molar-refractivity contribution in [2.75, 3.05) is 6.54 Å². The molecule has 4 aromatic rings. The van der Waals surface area contributed by atoms with Gasteiger partial charge in [0.1, 0.15) is 5.52 Å². The van der Waals surface area contributed by atoms with Gasteiger partial charge in [-0.2, -0.15) is 0 Å². The zero-order valence-corrected chi connectivity index (χ0v) is 14.1. The minimum absolute atomic E-state index is 0.117. The first-order valence-electron chi connectivity index (χ1n) is 8.43. The van der Waals surface area contributed by atoms with Gasteiger partial charge in [0.25, 0.3) is 5.91 Å². The van der Waals surface area contributed by atoms with Crippen molar-refractivity contribution in [3.8, 4) is 11.5 Å². The van der Waals surface area contributed by atoms with Gasteiger partial charge in [-0.3, -0.25) is 9.78 Å². The standard InChI is InChI=1S/C21H17N3O2/c25-20(23-12-10-15-5-2-1-3-6-15)16-8-9-19-18(13-16)24-21(26-19)17-7-4-11-22-14-17/h1-9,11,13-14H,10,12H2,(H,23,25). The summed E-state index contributed by atoms with van der Waals surface area (Å²) in [6.45, 7) is 0.584. The van der Waals surface area contributed by atoms with Gasteiger partial charge in [-0.05, 0) is 42.3 Å². The molecule has 5 heteroatoms. The van der Waals surface area contributed by atoms with Gasteiger partial charge in [-0.15, -0.1) is 0 Å². The van der Waals surface area contributed by atoms with E-state index in [2.05, 4.69) is 15.3 Å². The second kappa shape index (κ2) is 7.19. The van der Waals surface area contributed by atoms with E-state index in [1.165, 1.54) is 5.56 Å². The average Bonchev–Trinajstić information content (AvgIpc) is 3.13. The molecule has 0 aliphatic carbocycles. The molecule has 128 valence electrons. The van der Waals surface area contributed by atoms with Gasteiger partial charge < -0.3 is 9.73 Å². The van der Waals surface area contributed by atoms with Gasteiger partial charge in [0.05, 0.1) is 5.56 Å². The number of amides is 1. The lowest BCUT2D eigenvalue weighted by molar-refractivity contribution is 0.0954. The molecule has 2 aromatic heterocycles. The maximum atomic E-state index is 12.4. The molecule has 1 amide bonds. The van der Waals surface area contributed by atoms with Crippen LogP contribution in [0.5, 0.6) is 0 Å². The molecule has 0 aliphatic heterocycles. The Morgan fingerprint density at radius 1 is 1.04 bits per heavy atom. The highest BCUT2D eigenvalue weighted by Crippen LogP contribution is 2.24. The Morgan fingerprint density at radius 3 is 2.73 bits per heavy atom. The number of hydrogen-bond acceptors (Lipinski definition) is 4. The number of hydrogen-bond donors (Lipinski definition) is 1. The molecule has 0 fully saturated rings. The second-order valence-corrected chi connectivity index (χ2v) is 5.93. The monoisotopic (exact) mass is 343 g/mol. The predicted octanol–water partition coefficient (Wildman–Crippen LogP) is 3.86. The first-order valence-corrected chi connectivity index (χ1v) is 8.43. The van der Waals surface area contributed by atoms with Crippen LogP contribution in [-0.2, 0) is 6.42 Å². The molecule has 5 nitrogen and oxygen atoms in total. The Balaban J connectivity index is 1.47. The average molecular weight is 343 g/mol. The topological polar surface area (TPSA) is 68.0 Å². The van der Waals surface area contributed by atoms with E-state index in [0.29, 0.717) is 29.1 Å². The van der Waals surface area contributed by atoms with Gasteiger partial charge in [-0.1, -0.05) is 30.3 Å². The van der Waals surface area contributed by atoms with E-state index < -0.39 is 0 Å². The fourth-order valence-electron chi connectivity index (χ4n) is 2.75. The van der Waals surface area contributed by atoms with E-state index in [1.54, 1.807) is 30.6 Å². The second-order valence-electron chi connectivity index (χ2n) is 5.93. The summed E-state index contributed by atoms with van der Waals surface area (Å²) in [5.41, 5.74) is 3.86. The van der Waals surface area contributed by atoms with E-state index >= 15 is 0 Å². The maximum absolute atomic E-state index is 12.4. The molecule has 0 atom stereocenters. The zero-order valence-electron chi connectivity index (χ0n) is 14.1. The van der Waals surface area contributed by atoms with Crippen molar-refractivity contribution >= 4 is 17.0 Å². The van der Waals surface area contributed by atoms with Crippen LogP contribution in [0.4, 0.5) is 0 Å². The quantitative estimate of drug-likeness (QED) is 0.597. The van der Waals surface area contributed by atoms with Crippen LogP contribution in [0.1, 0.15) is 15.9 Å². The van der Waals surface area contributed by atoms with E-state index in [1.807, 2.05) is 42.5 Å². The molecule has 26 heavy (non-hydrogen) atoms. The fourth-order valence-corrected chi connectivity index (χ4v) is 2.75. The summed E-state index contributed by atoms with van der Waals surface area (Å²) in [4.78, 5) is 20.9. The Labute approximate surface area is 150 Å². The van der Waals surface area contributed by atoms with Gasteiger partial charge in [-0.25, -0.2) is 4.98 Å². The smallest absolute Gasteiger partial charge is 0.251 e. The van der Waals surface area contributed by atoms with E-state index in [4.69, 9.17) is 4.42 Å². The summed E-state index contributed by atoms with van der Waals surface area (Å²) < 4.78 is 5.74. The molecular weight excluding hydrogens is 326 g/mol. The van der Waals surface area contributed by atoms with Crippen molar-refractivity contribution in [1.29, 1.82) is 0 Å². The van der Waals surface area contributed by atoms with E-state index in [0.717, 1.165) is 12.0 Å². The van der Waals surface area contributed by atoms with Crippen molar-refractivity contribution < 1.29 is 9.21 Å². The number of rotatable bonds is 5. The first kappa shape index (κ1) is 16.0. The Morgan fingerprint density at radius 2 is 1.92 bits per heavy atom. The summed E-state index contributed by atoms with van der Waals surface area (Å²) in [6, 6.07) is 19.1. The van der Waals surface area contributed by atoms with E-state index in [-0.39, 0.29) is 5.91 Å². The number of carbonyl (C=O) groups is 1. The third-order valence-electron chi connectivity index (χ3n) is 4.10. The number of pyridine rings is 1. The predicted molar refractivity (Wildman–Crippen MR) is 99.7 cm³/mol. The molecule has 0 saturated heterocycles. The molecule has 2 heterocycles. The van der Waals surface area contributed by atoms with Crippen LogP contribution in [0.2, 0.25) is 0 Å². The molecular formula is C21H17N3O2. The van der Waals surface area contributed by atoms with Crippen molar-refractivity contribution in [1.82, 2.24) is 15.3 Å². The summed E-state index contributed by atoms with van der Waals surface area (Å²) in [5.74, 6) is 0.378. The van der Waals surface area contributed by atoms with Crippen molar-refractivity contribution in [3.05, 3.63) is 84.2 Å². The van der Waals surface area contributed by atoms with Gasteiger partial charge in [0.2, 0.25) is 5.89 Å². The Kier molecular flexibility index (Phi) is 4.43. The molecule has 0 spiro atoms. The molecule has 2 aromatic carbocycles. The van der Waals surface area contributed by atoms with Crippen LogP contribution in [0.25, 0.3) is 22.6 Å². The lowest BCUT2D eigenvalue weighted by atomic mass is 10.1. The fraction of sp³-hybridized carbons (Fsp3) is 0.0952. The number of nitrogens with zero attached hydrogens (tertiary/aromatic N) is 2. The van der Waals surface area contributed by atoms with Crippen LogP contribution in [0, 0.1) is 0 Å². The largest absolute Gasteiger partial charge is 0.436 e. The third-order valence-corrected chi connectivity index (χ3v) is 4.10. The number of aromatic nitrogens is 2. The highest BCUT2D eigenvalue weighted by Gasteiger charge is 2.11. The molecule has 0 aliphatic rings. The van der Waals surface area contributed by atoms with Crippen molar-refractivity contribution in [2.24, 2.45) is 0 Å². The number of fused-ring (bicyclic) bond motifs is 1. The van der Waals surface area contributed by atoms with Crippen molar-refractivity contribution in [2.45, 2.75) is 6.42 Å². The molecule has 0 unspecified atom stereocenters. The molecule has 0 bridgehead atoms. The van der Waals surface area contributed by atoms with Crippen LogP contribution in [0.3, 0.4) is 0 Å². The van der Waals surface area contributed by atoms with Gasteiger partial charge in [0, 0.05) is 24.5 Å². The first-order chi connectivity index (χ1) is 12.8. The lowest BCUT2D eigenvalue weighted by Gasteiger charge is -2.05.